The molecule has 0 saturated carbocycles. The summed E-state index contributed by atoms with van der Waals surface area (Å²) in [5.41, 5.74) is 10.1. The first kappa shape index (κ1) is 36.7. The molecule has 3 aromatic carbocycles. The molecule has 0 fully saturated rings. The molecule has 48 heavy (non-hydrogen) atoms. The van der Waals surface area contributed by atoms with Crippen LogP contribution in [0.15, 0.2) is 66.7 Å². The van der Waals surface area contributed by atoms with E-state index in [1.807, 2.05) is 87.4 Å². The van der Waals surface area contributed by atoms with Crippen molar-refractivity contribution in [2.24, 2.45) is 5.92 Å². The molecule has 0 spiro atoms. The first-order valence-electron chi connectivity index (χ1n) is 16.9. The minimum atomic E-state index is -0.395. The number of ether oxygens (including phenoxy) is 2. The summed E-state index contributed by atoms with van der Waals surface area (Å²) in [6, 6.07) is 20.1. The van der Waals surface area contributed by atoms with Crippen molar-refractivity contribution in [1.82, 2.24) is 9.80 Å². The van der Waals surface area contributed by atoms with Crippen LogP contribution in [0.1, 0.15) is 66.3 Å². The predicted octanol–water partition coefficient (Wildman–Crippen LogP) is 5.51. The van der Waals surface area contributed by atoms with Crippen molar-refractivity contribution in [3.8, 4) is 5.75 Å². The number of carbonyl (C=O) groups excluding carboxylic acids is 2. The van der Waals surface area contributed by atoms with Crippen LogP contribution in [0, 0.1) is 5.92 Å². The molecule has 0 aromatic heterocycles. The highest BCUT2D eigenvalue weighted by molar-refractivity contribution is 6.05. The number of nitrogens with zero attached hydrogens (tertiary/aromatic N) is 3. The standard InChI is InChI=1S/C38H53N5O5/c1-26-22-43(27(2)25-44)38(46)32-21-31(41(4)5)18-19-35(32)48-28(3)11-9-10-20-47-36(26)24-42(6)23-29-14-16-30(17-15-29)37(45)40-34-13-8-7-12-33(34)39/h7-8,12-19,21,26-28,36,44H,9-11,20,22-25,39H2,1-6H3,(H,40,45)/t26-,27-,28-,36+/m0/s1. The molecule has 4 atom stereocenters. The average molecular weight is 660 g/mol. The normalized spacial score (nSPS) is 20.0. The molecular formula is C38H53N5O5. The molecule has 260 valence electrons. The Labute approximate surface area is 285 Å². The van der Waals surface area contributed by atoms with E-state index in [9.17, 15) is 14.7 Å². The number of hydrogen-bond acceptors (Lipinski definition) is 8. The second-order valence-electron chi connectivity index (χ2n) is 13.3. The maximum Gasteiger partial charge on any atom is 0.258 e. The maximum absolute atomic E-state index is 14.2. The Hall–Kier alpha value is -4.12. The molecule has 0 aliphatic carbocycles. The smallest absolute Gasteiger partial charge is 0.258 e. The fourth-order valence-corrected chi connectivity index (χ4v) is 5.90. The van der Waals surface area contributed by atoms with Crippen molar-refractivity contribution in [1.29, 1.82) is 0 Å². The van der Waals surface area contributed by atoms with Gasteiger partial charge in [0, 0.05) is 57.5 Å². The molecule has 2 amide bonds. The van der Waals surface area contributed by atoms with E-state index in [1.54, 1.807) is 17.0 Å². The summed E-state index contributed by atoms with van der Waals surface area (Å²) in [6.45, 7) is 8.18. The number of rotatable bonds is 9. The lowest BCUT2D eigenvalue weighted by molar-refractivity contribution is -0.0177. The highest BCUT2D eigenvalue weighted by Crippen LogP contribution is 2.29. The van der Waals surface area contributed by atoms with Gasteiger partial charge >= 0.3 is 0 Å². The average Bonchev–Trinajstić information content (AvgIpc) is 3.06. The Morgan fingerprint density at radius 1 is 1.06 bits per heavy atom. The fourth-order valence-electron chi connectivity index (χ4n) is 5.90. The van der Waals surface area contributed by atoms with Crippen LogP contribution in [0.3, 0.4) is 0 Å². The Balaban J connectivity index is 1.49. The van der Waals surface area contributed by atoms with Crippen molar-refractivity contribution in [2.45, 2.75) is 64.8 Å². The fraction of sp³-hybridized carbons (Fsp3) is 0.474. The molecule has 3 aromatic rings. The van der Waals surface area contributed by atoms with Gasteiger partial charge in [0.25, 0.3) is 11.8 Å². The van der Waals surface area contributed by atoms with Gasteiger partial charge in [-0.05, 0) is 88.2 Å². The predicted molar refractivity (Wildman–Crippen MR) is 193 cm³/mol. The van der Waals surface area contributed by atoms with Gasteiger partial charge in [-0.1, -0.05) is 31.2 Å². The Bertz CT molecular complexity index is 1500. The third-order valence-corrected chi connectivity index (χ3v) is 8.92. The number of fused-ring (bicyclic) bond motifs is 1. The van der Waals surface area contributed by atoms with Crippen LogP contribution in [0.2, 0.25) is 0 Å². The van der Waals surface area contributed by atoms with Gasteiger partial charge in [-0.3, -0.25) is 14.5 Å². The molecule has 0 unspecified atom stereocenters. The summed E-state index contributed by atoms with van der Waals surface area (Å²) in [6.07, 6.45) is 2.48. The monoisotopic (exact) mass is 659 g/mol. The van der Waals surface area contributed by atoms with E-state index in [0.29, 0.717) is 54.5 Å². The zero-order valence-corrected chi connectivity index (χ0v) is 29.3. The van der Waals surface area contributed by atoms with Gasteiger partial charge in [0.1, 0.15) is 5.75 Å². The Morgan fingerprint density at radius 3 is 2.48 bits per heavy atom. The maximum atomic E-state index is 14.2. The van der Waals surface area contributed by atoms with Crippen molar-refractivity contribution in [2.75, 3.05) is 63.4 Å². The molecule has 4 N–H and O–H groups in total. The van der Waals surface area contributed by atoms with E-state index in [0.717, 1.165) is 30.5 Å². The van der Waals surface area contributed by atoms with Gasteiger partial charge in [-0.15, -0.1) is 0 Å². The third-order valence-electron chi connectivity index (χ3n) is 8.92. The number of amides is 2. The number of aliphatic hydroxyl groups excluding tert-OH is 1. The number of nitrogens with two attached hydrogens (primary N) is 1. The molecule has 4 rings (SSSR count). The van der Waals surface area contributed by atoms with Gasteiger partial charge in [-0.25, -0.2) is 0 Å². The van der Waals surface area contributed by atoms with E-state index >= 15 is 0 Å². The number of benzene rings is 3. The second-order valence-corrected chi connectivity index (χ2v) is 13.3. The number of nitrogens with one attached hydrogen (secondary N) is 1. The summed E-state index contributed by atoms with van der Waals surface area (Å²) < 4.78 is 12.8. The van der Waals surface area contributed by atoms with Crippen molar-refractivity contribution >= 4 is 28.9 Å². The lowest BCUT2D eigenvalue weighted by atomic mass is 10.0. The van der Waals surface area contributed by atoms with Gasteiger partial charge in [-0.2, -0.15) is 0 Å². The second kappa shape index (κ2) is 17.3. The summed E-state index contributed by atoms with van der Waals surface area (Å²) in [5, 5.41) is 13.1. The lowest BCUT2D eigenvalue weighted by Crippen LogP contribution is -2.47. The number of para-hydroxylation sites is 2. The van der Waals surface area contributed by atoms with Crippen molar-refractivity contribution in [3.63, 3.8) is 0 Å². The molecule has 1 heterocycles. The number of anilines is 3. The van der Waals surface area contributed by atoms with E-state index in [4.69, 9.17) is 15.2 Å². The highest BCUT2D eigenvalue weighted by Gasteiger charge is 2.30. The number of carbonyl (C=O) groups is 2. The van der Waals surface area contributed by atoms with Crippen LogP contribution < -0.4 is 20.7 Å². The molecule has 10 nitrogen and oxygen atoms in total. The highest BCUT2D eigenvalue weighted by atomic mass is 16.5. The number of likely N-dealkylation sites (N-methyl/N-ethyl adjacent to an activating group) is 1. The summed E-state index contributed by atoms with van der Waals surface area (Å²) >= 11 is 0. The number of aliphatic hydroxyl groups is 1. The first-order valence-corrected chi connectivity index (χ1v) is 16.9. The topological polar surface area (TPSA) is 121 Å². The van der Waals surface area contributed by atoms with Crippen molar-refractivity contribution < 1.29 is 24.2 Å². The van der Waals surface area contributed by atoms with Crippen LogP contribution in [0.25, 0.3) is 0 Å². The molecule has 0 bridgehead atoms. The van der Waals surface area contributed by atoms with Crippen LogP contribution in [-0.4, -0.2) is 92.4 Å². The largest absolute Gasteiger partial charge is 0.490 e. The van der Waals surface area contributed by atoms with E-state index in [1.165, 1.54) is 0 Å². The van der Waals surface area contributed by atoms with E-state index in [-0.39, 0.29) is 36.5 Å². The van der Waals surface area contributed by atoms with Crippen molar-refractivity contribution in [3.05, 3.63) is 83.4 Å². The quantitative estimate of drug-likeness (QED) is 0.257. The molecule has 10 heteroatoms. The lowest BCUT2D eigenvalue weighted by Gasteiger charge is -2.36. The van der Waals surface area contributed by atoms with Gasteiger partial charge in [0.05, 0.1) is 41.8 Å². The molecule has 1 aliphatic heterocycles. The Morgan fingerprint density at radius 2 is 1.79 bits per heavy atom. The van der Waals surface area contributed by atoms with Crippen LogP contribution in [-0.2, 0) is 11.3 Å². The SMILES string of the molecule is C[C@H]1CCCCO[C@H](CN(C)Cc2ccc(C(=O)Nc3ccccc3N)cc2)[C@@H](C)CN([C@@H](C)CO)C(=O)c2cc(N(C)C)ccc2O1. The zero-order valence-electron chi connectivity index (χ0n) is 29.3. The van der Waals surface area contributed by atoms with Gasteiger partial charge < -0.3 is 35.4 Å². The first-order chi connectivity index (χ1) is 23.0. The molecule has 1 aliphatic rings. The van der Waals surface area contributed by atoms with Crippen LogP contribution in [0.4, 0.5) is 17.1 Å². The molecule has 0 radical (unpaired) electrons. The summed E-state index contributed by atoms with van der Waals surface area (Å²) in [4.78, 5) is 33.0. The van der Waals surface area contributed by atoms with Crippen LogP contribution >= 0.6 is 0 Å². The minimum absolute atomic E-state index is 0.0230. The Kier molecular flexibility index (Phi) is 13.3. The molecular weight excluding hydrogens is 606 g/mol. The van der Waals surface area contributed by atoms with E-state index in [2.05, 4.69) is 24.2 Å². The third kappa shape index (κ3) is 9.95. The summed E-state index contributed by atoms with van der Waals surface area (Å²) in [5.74, 6) is 0.161. The number of nitrogen functional groups attached to an aromatic ring is 1. The number of hydrogen-bond donors (Lipinski definition) is 3. The minimum Gasteiger partial charge on any atom is -0.490 e. The van der Waals surface area contributed by atoms with E-state index < -0.39 is 6.04 Å². The van der Waals surface area contributed by atoms with Gasteiger partial charge in [0.2, 0.25) is 0 Å². The zero-order chi connectivity index (χ0) is 34.8. The van der Waals surface area contributed by atoms with Gasteiger partial charge in [0.15, 0.2) is 0 Å². The van der Waals surface area contributed by atoms with Crippen LogP contribution in [0.5, 0.6) is 5.75 Å². The summed E-state index contributed by atoms with van der Waals surface area (Å²) in [7, 11) is 5.94. The molecule has 0 saturated heterocycles.